The van der Waals surface area contributed by atoms with Crippen molar-refractivity contribution in [3.63, 3.8) is 0 Å². The van der Waals surface area contributed by atoms with Crippen LogP contribution in [0.25, 0.3) is 0 Å². The number of carboxylic acid groups (broad SMARTS) is 1. The Morgan fingerprint density at radius 2 is 2.32 bits per heavy atom. The molecule has 1 atom stereocenters. The molecule has 0 saturated heterocycles. The number of H-pyrrole nitrogens is 1. The first-order chi connectivity index (χ1) is 9.06. The molecule has 0 radical (unpaired) electrons. The molecule has 2 aromatic heterocycles. The summed E-state index contributed by atoms with van der Waals surface area (Å²) < 4.78 is 0.818. The van der Waals surface area contributed by atoms with Crippen LogP contribution in [0.15, 0.2) is 28.4 Å². The van der Waals surface area contributed by atoms with Gasteiger partial charge >= 0.3 is 5.97 Å². The smallest absolute Gasteiger partial charge is 0.326 e. The normalized spacial score (nSPS) is 12.1. The molecule has 1 amide bonds. The van der Waals surface area contributed by atoms with E-state index in [9.17, 15) is 9.59 Å². The third-order valence-corrected chi connectivity index (χ3v) is 4.00. The van der Waals surface area contributed by atoms with Gasteiger partial charge < -0.3 is 15.4 Å². The number of thiophene rings is 1. The first-order valence-corrected chi connectivity index (χ1v) is 6.93. The van der Waals surface area contributed by atoms with Crippen molar-refractivity contribution in [2.24, 2.45) is 0 Å². The molecule has 100 valence electrons. The number of nitrogens with zero attached hydrogens (tertiary/aromatic N) is 1. The van der Waals surface area contributed by atoms with Crippen LogP contribution in [0.3, 0.4) is 0 Å². The Labute approximate surface area is 121 Å². The van der Waals surface area contributed by atoms with Gasteiger partial charge in [0.2, 0.25) is 0 Å². The summed E-state index contributed by atoms with van der Waals surface area (Å²) in [7, 11) is 0. The van der Waals surface area contributed by atoms with Gasteiger partial charge in [0.05, 0.1) is 15.0 Å². The number of carboxylic acids is 1. The highest BCUT2D eigenvalue weighted by Gasteiger charge is 2.22. The molecule has 0 aliphatic heterocycles. The number of imidazole rings is 1. The number of aliphatic carboxylic acids is 1. The maximum absolute atomic E-state index is 11.9. The zero-order valence-corrected chi connectivity index (χ0v) is 12.0. The SMILES string of the molecule is O=C(NC(Cc1cnc[nH]1)C(=O)O)c1ccc(Br)s1. The van der Waals surface area contributed by atoms with Crippen LogP contribution in [-0.2, 0) is 11.2 Å². The lowest BCUT2D eigenvalue weighted by atomic mass is 10.1. The van der Waals surface area contributed by atoms with E-state index < -0.39 is 17.9 Å². The number of aromatic nitrogens is 2. The standard InChI is InChI=1S/C11H10BrN3O3S/c12-9-2-1-8(19-9)10(16)15-7(11(17)18)3-6-4-13-5-14-6/h1-2,4-5,7H,3H2,(H,13,14)(H,15,16)(H,17,18). The summed E-state index contributed by atoms with van der Waals surface area (Å²) in [6.45, 7) is 0. The largest absolute Gasteiger partial charge is 0.480 e. The van der Waals surface area contributed by atoms with Crippen LogP contribution in [0, 0.1) is 0 Å². The van der Waals surface area contributed by atoms with E-state index in [1.807, 2.05) is 0 Å². The fraction of sp³-hybridized carbons (Fsp3) is 0.182. The Morgan fingerprint density at radius 3 is 2.84 bits per heavy atom. The van der Waals surface area contributed by atoms with E-state index in [1.165, 1.54) is 23.9 Å². The summed E-state index contributed by atoms with van der Waals surface area (Å²) in [5, 5.41) is 11.6. The number of carbonyl (C=O) groups excluding carboxylic acids is 1. The first-order valence-electron chi connectivity index (χ1n) is 5.32. The number of nitrogens with one attached hydrogen (secondary N) is 2. The van der Waals surface area contributed by atoms with E-state index in [2.05, 4.69) is 31.2 Å². The second kappa shape index (κ2) is 5.98. The quantitative estimate of drug-likeness (QED) is 0.769. The van der Waals surface area contributed by atoms with Crippen LogP contribution < -0.4 is 5.32 Å². The number of rotatable bonds is 5. The van der Waals surface area contributed by atoms with Crippen LogP contribution in [0.4, 0.5) is 0 Å². The Kier molecular flexibility index (Phi) is 4.33. The Bertz CT molecular complexity index is 582. The molecule has 1 unspecified atom stereocenters. The average Bonchev–Trinajstić information content (AvgIpc) is 2.99. The molecule has 3 N–H and O–H groups in total. The fourth-order valence-electron chi connectivity index (χ4n) is 1.48. The number of halogens is 1. The number of amides is 1. The maximum Gasteiger partial charge on any atom is 0.326 e. The highest BCUT2D eigenvalue weighted by Crippen LogP contribution is 2.22. The monoisotopic (exact) mass is 343 g/mol. The van der Waals surface area contributed by atoms with E-state index in [1.54, 1.807) is 12.1 Å². The predicted molar refractivity (Wildman–Crippen MR) is 73.2 cm³/mol. The van der Waals surface area contributed by atoms with Crippen LogP contribution in [0.1, 0.15) is 15.4 Å². The van der Waals surface area contributed by atoms with Crippen molar-refractivity contribution >= 4 is 39.1 Å². The zero-order valence-electron chi connectivity index (χ0n) is 9.59. The molecule has 19 heavy (non-hydrogen) atoms. The van der Waals surface area contributed by atoms with E-state index in [-0.39, 0.29) is 6.42 Å². The van der Waals surface area contributed by atoms with Gasteiger partial charge in [0.25, 0.3) is 5.91 Å². The highest BCUT2D eigenvalue weighted by molar-refractivity contribution is 9.11. The average molecular weight is 344 g/mol. The highest BCUT2D eigenvalue weighted by atomic mass is 79.9. The molecule has 0 fully saturated rings. The van der Waals surface area contributed by atoms with Crippen LogP contribution in [-0.4, -0.2) is 33.0 Å². The first kappa shape index (κ1) is 13.8. The molecule has 0 spiro atoms. The molecule has 0 aromatic carbocycles. The molecule has 8 heteroatoms. The molecule has 6 nitrogen and oxygen atoms in total. The number of carbonyl (C=O) groups is 2. The summed E-state index contributed by atoms with van der Waals surface area (Å²) in [5.41, 5.74) is 0.653. The lowest BCUT2D eigenvalue weighted by molar-refractivity contribution is -0.139. The summed E-state index contributed by atoms with van der Waals surface area (Å²) in [5.74, 6) is -1.49. The van der Waals surface area contributed by atoms with Crippen molar-refractivity contribution in [3.05, 3.63) is 39.0 Å². The van der Waals surface area contributed by atoms with E-state index >= 15 is 0 Å². The minimum Gasteiger partial charge on any atom is -0.480 e. The summed E-state index contributed by atoms with van der Waals surface area (Å²) in [4.78, 5) is 30.1. The molecule has 2 rings (SSSR count). The van der Waals surface area contributed by atoms with Crippen LogP contribution >= 0.6 is 27.3 Å². The second-order valence-corrected chi connectivity index (χ2v) is 6.21. The molecule has 0 aliphatic carbocycles. The van der Waals surface area contributed by atoms with Gasteiger partial charge in [0, 0.05) is 18.3 Å². The van der Waals surface area contributed by atoms with E-state index in [4.69, 9.17) is 5.11 Å². The fourth-order valence-corrected chi connectivity index (χ4v) is 2.77. The number of hydrogen-bond donors (Lipinski definition) is 3. The summed E-state index contributed by atoms with van der Waals surface area (Å²) >= 11 is 4.50. The summed E-state index contributed by atoms with van der Waals surface area (Å²) in [6, 6.07) is 2.39. The van der Waals surface area contributed by atoms with Crippen molar-refractivity contribution in [1.82, 2.24) is 15.3 Å². The zero-order chi connectivity index (χ0) is 13.8. The van der Waals surface area contributed by atoms with Crippen molar-refractivity contribution in [2.45, 2.75) is 12.5 Å². The predicted octanol–water partition coefficient (Wildman–Crippen LogP) is 1.66. The minimum atomic E-state index is -1.08. The second-order valence-electron chi connectivity index (χ2n) is 3.75. The Morgan fingerprint density at radius 1 is 1.53 bits per heavy atom. The molecule has 2 aromatic rings. The van der Waals surface area contributed by atoms with Crippen molar-refractivity contribution < 1.29 is 14.7 Å². The molecule has 0 aliphatic rings. The van der Waals surface area contributed by atoms with Gasteiger partial charge in [-0.3, -0.25) is 4.79 Å². The third kappa shape index (κ3) is 3.65. The van der Waals surface area contributed by atoms with Gasteiger partial charge in [0.15, 0.2) is 0 Å². The lowest BCUT2D eigenvalue weighted by Gasteiger charge is -2.12. The summed E-state index contributed by atoms with van der Waals surface area (Å²) in [6.07, 6.45) is 3.16. The Hall–Kier alpha value is -1.67. The van der Waals surface area contributed by atoms with Gasteiger partial charge in [-0.1, -0.05) is 0 Å². The lowest BCUT2D eigenvalue weighted by Crippen LogP contribution is -2.42. The van der Waals surface area contributed by atoms with Gasteiger partial charge in [-0.2, -0.15) is 0 Å². The Balaban J connectivity index is 2.04. The van der Waals surface area contributed by atoms with Crippen molar-refractivity contribution in [2.75, 3.05) is 0 Å². The van der Waals surface area contributed by atoms with E-state index in [0.29, 0.717) is 10.6 Å². The van der Waals surface area contributed by atoms with Crippen molar-refractivity contribution in [1.29, 1.82) is 0 Å². The van der Waals surface area contributed by atoms with Crippen molar-refractivity contribution in [3.8, 4) is 0 Å². The van der Waals surface area contributed by atoms with E-state index in [0.717, 1.165) is 3.79 Å². The minimum absolute atomic E-state index is 0.160. The third-order valence-electron chi connectivity index (χ3n) is 2.38. The van der Waals surface area contributed by atoms with Crippen LogP contribution in [0.5, 0.6) is 0 Å². The number of hydrogen-bond acceptors (Lipinski definition) is 4. The maximum atomic E-state index is 11.9. The topological polar surface area (TPSA) is 95.1 Å². The van der Waals surface area contributed by atoms with Gasteiger partial charge in [-0.25, -0.2) is 9.78 Å². The van der Waals surface area contributed by atoms with Gasteiger partial charge in [-0.15, -0.1) is 11.3 Å². The molecule has 0 saturated carbocycles. The molecule has 0 bridgehead atoms. The molecular weight excluding hydrogens is 334 g/mol. The molecular formula is C11H10BrN3O3S. The van der Waals surface area contributed by atoms with Gasteiger partial charge in [-0.05, 0) is 28.1 Å². The molecule has 2 heterocycles. The van der Waals surface area contributed by atoms with Crippen LogP contribution in [0.2, 0.25) is 0 Å². The van der Waals surface area contributed by atoms with Gasteiger partial charge in [0.1, 0.15) is 6.04 Å². The number of aromatic amines is 1.